The van der Waals surface area contributed by atoms with Crippen molar-refractivity contribution in [2.45, 2.75) is 135 Å². The van der Waals surface area contributed by atoms with Gasteiger partial charge >= 0.3 is 35.8 Å². The van der Waals surface area contributed by atoms with Gasteiger partial charge in [-0.1, -0.05) is 89.9 Å². The van der Waals surface area contributed by atoms with E-state index >= 15 is 0 Å². The highest BCUT2D eigenvalue weighted by atomic mass is 32.2. The number of unbranched alkanes of at least 4 members (excludes halogenated alkanes) is 1. The van der Waals surface area contributed by atoms with Crippen LogP contribution in [0.4, 0.5) is 11.4 Å². The van der Waals surface area contributed by atoms with E-state index in [1.807, 2.05) is 53.4 Å². The summed E-state index contributed by atoms with van der Waals surface area (Å²) in [5.41, 5.74) is 4.16. The fourth-order valence-corrected chi connectivity index (χ4v) is 15.5. The molecule has 5 amide bonds. The third-order valence-electron chi connectivity index (χ3n) is 20.7. The topological polar surface area (TPSA) is 438 Å². The number of ketones is 3. The monoisotopic (exact) mass is 1610 g/mol. The molecular formula is C82H102N12O20S. The van der Waals surface area contributed by atoms with Crippen molar-refractivity contribution in [2.75, 3.05) is 115 Å². The number of thioether (sulfide) groups is 1. The van der Waals surface area contributed by atoms with E-state index in [0.29, 0.717) is 51.6 Å². The quantitative estimate of drug-likeness (QED) is 0.0180. The molecule has 3 aliphatic heterocycles. The molecular weight excluding hydrogens is 1510 g/mol. The molecule has 4 unspecified atom stereocenters. The number of carboxylic acid groups (broad SMARTS) is 6. The lowest BCUT2D eigenvalue weighted by atomic mass is 9.73. The molecule has 0 saturated carbocycles. The number of amides is 5. The molecule has 4 atom stereocenters. The van der Waals surface area contributed by atoms with Crippen molar-refractivity contribution in [3.8, 4) is 34.4 Å². The number of carboxylic acids is 6. The number of aromatic nitrogens is 3. The predicted molar refractivity (Wildman–Crippen MR) is 424 cm³/mol. The molecule has 0 bridgehead atoms. The predicted octanol–water partition coefficient (Wildman–Crippen LogP) is 5.35. The van der Waals surface area contributed by atoms with Crippen LogP contribution in [0.25, 0.3) is 22.5 Å². The molecule has 1 fully saturated rings. The van der Waals surface area contributed by atoms with E-state index in [-0.39, 0.29) is 204 Å². The van der Waals surface area contributed by atoms with Crippen molar-refractivity contribution >= 4 is 106 Å². The molecule has 8 N–H and O–H groups in total. The van der Waals surface area contributed by atoms with Gasteiger partial charge in [-0.3, -0.25) is 81.9 Å². The number of carbonyl (C=O) groups excluding carboxylic acids is 8. The van der Waals surface area contributed by atoms with Crippen molar-refractivity contribution in [1.29, 1.82) is 0 Å². The molecule has 1 aromatic heterocycles. The standard InChI is InChI=1S/C82H102N12O20S/c1-82(2,81(113)114)63(44-58(79(110)87(3)4)53-115-68(45-72(101)102)67(97)30-15-22-59(95)23-16-31-70(99)92-46-56-20-6-5-18-54(56)33-34-55-19-8-11-28-65(55)92)78(109)83-35-14-13-27-64(80(111)112)84-69(98)49-94-77-61-25-9-7-21-57(61)47-93(66-29-12-10-26-62(66)76(77)85-86-94)71(100)32-17-24-60(96)48-88-36-38-89(50-73(103)104)40-42-91(52-75(107)108)43-41-90(39-37-88)51-74(105)106/h5-12,18-21,25-26,28-29,58,63-64,68H,13-17,22-24,27,30-32,35-53H2,1-4H3,(H,83,109)(H,84,98)(H,101,102)(H,103,104)(H,105,106)(H,107,108)(H,111,112)(H,113,114). The highest BCUT2D eigenvalue weighted by Crippen LogP contribution is 2.42. The Bertz CT molecular complexity index is 4410. The summed E-state index contributed by atoms with van der Waals surface area (Å²) < 4.78 is 1.34. The number of nitrogens with one attached hydrogen (secondary N) is 2. The summed E-state index contributed by atoms with van der Waals surface area (Å²) in [5.74, 6) is -6.89. The molecule has 4 aromatic carbocycles. The zero-order valence-corrected chi connectivity index (χ0v) is 66.1. The van der Waals surface area contributed by atoms with Gasteiger partial charge < -0.3 is 56.0 Å². The Morgan fingerprint density at radius 2 is 1.03 bits per heavy atom. The molecule has 1 saturated heterocycles. The summed E-state index contributed by atoms with van der Waals surface area (Å²) in [5, 5.41) is 72.7. The van der Waals surface area contributed by atoms with Gasteiger partial charge in [-0.15, -0.1) is 16.9 Å². The fourth-order valence-electron chi connectivity index (χ4n) is 14.2. The van der Waals surface area contributed by atoms with Gasteiger partial charge in [0.25, 0.3) is 0 Å². The second-order valence-electron chi connectivity index (χ2n) is 29.8. The Hall–Kier alpha value is -11.1. The zero-order valence-electron chi connectivity index (χ0n) is 65.2. The molecule has 0 radical (unpaired) electrons. The first-order valence-corrected chi connectivity index (χ1v) is 39.5. The number of Topliss-reactive ketones (excluding diaryl/α,β-unsaturated/α-hetero) is 3. The van der Waals surface area contributed by atoms with E-state index in [0.717, 1.165) is 22.9 Å². The molecule has 0 aliphatic carbocycles. The maximum absolute atomic E-state index is 14.5. The molecule has 0 spiro atoms. The Balaban J connectivity index is 0.829. The van der Waals surface area contributed by atoms with Crippen molar-refractivity contribution in [1.82, 2.24) is 50.1 Å². The maximum Gasteiger partial charge on any atom is 0.326 e. The average Bonchev–Trinajstić information content (AvgIpc) is 1.65. The van der Waals surface area contributed by atoms with Gasteiger partial charge in [0.15, 0.2) is 0 Å². The number of anilines is 2. The second kappa shape index (κ2) is 43.4. The first-order chi connectivity index (χ1) is 54.9. The Morgan fingerprint density at radius 1 is 0.539 bits per heavy atom. The second-order valence-corrected chi connectivity index (χ2v) is 31.0. The molecule has 5 aromatic rings. The van der Waals surface area contributed by atoms with E-state index in [4.69, 9.17) is 0 Å². The summed E-state index contributed by atoms with van der Waals surface area (Å²) in [6.07, 6.45) is -0.337. The number of nitrogens with zero attached hydrogens (tertiary/aromatic N) is 10. The highest BCUT2D eigenvalue weighted by Gasteiger charge is 2.44. The van der Waals surface area contributed by atoms with Gasteiger partial charge in [0.1, 0.15) is 35.6 Å². The molecule has 616 valence electrons. The van der Waals surface area contributed by atoms with Crippen molar-refractivity contribution in [2.24, 2.45) is 17.3 Å². The number of benzene rings is 4. The molecule has 4 heterocycles. The smallest absolute Gasteiger partial charge is 0.326 e. The minimum Gasteiger partial charge on any atom is -0.481 e. The SMILES string of the molecule is CN(C)C(=O)C(CSC(CC(=O)O)C(=O)CCCC(=O)CCCC(=O)N1Cc2ccccc2C#Cc2ccccc21)CC(C(=O)NCCCCC(NC(=O)Cn1nnc2c1-c1ccccc1CN(C(=O)CCCC(=O)CN1CCN(CC(=O)O)CCN(CC(=O)O)CCN(CC(=O)O)CC1)c1ccccc1-2)C(=O)O)C(C)(C)C(=O)O. The number of fused-ring (bicyclic) bond motifs is 7. The zero-order chi connectivity index (χ0) is 83.5. The van der Waals surface area contributed by atoms with Crippen LogP contribution in [0.1, 0.15) is 126 Å². The average molecular weight is 1610 g/mol. The fraction of sp³-hybridized carbons (Fsp3) is 0.488. The molecule has 115 heavy (non-hydrogen) atoms. The van der Waals surface area contributed by atoms with Crippen molar-refractivity contribution in [3.05, 3.63) is 119 Å². The molecule has 3 aliphatic rings. The third kappa shape index (κ3) is 26.8. The van der Waals surface area contributed by atoms with Crippen LogP contribution in [-0.2, 0) is 86.8 Å². The number of aliphatic carboxylic acids is 6. The summed E-state index contributed by atoms with van der Waals surface area (Å²) in [6.45, 7) is 3.21. The van der Waals surface area contributed by atoms with Crippen LogP contribution in [0.3, 0.4) is 0 Å². The normalized spacial score (nSPS) is 15.2. The van der Waals surface area contributed by atoms with Crippen LogP contribution >= 0.6 is 11.8 Å². The lowest BCUT2D eigenvalue weighted by Crippen LogP contribution is -2.49. The first kappa shape index (κ1) is 89.5. The number of para-hydroxylation sites is 2. The number of hydrogen-bond acceptors (Lipinski definition) is 21. The van der Waals surface area contributed by atoms with Crippen LogP contribution in [0.15, 0.2) is 97.1 Å². The van der Waals surface area contributed by atoms with E-state index in [1.165, 1.54) is 37.5 Å². The van der Waals surface area contributed by atoms with E-state index in [2.05, 4.69) is 32.8 Å². The van der Waals surface area contributed by atoms with Gasteiger partial charge in [0.2, 0.25) is 29.5 Å². The van der Waals surface area contributed by atoms with Crippen LogP contribution < -0.4 is 20.4 Å². The molecule has 33 heteroatoms. The van der Waals surface area contributed by atoms with Crippen LogP contribution in [0, 0.1) is 29.1 Å². The van der Waals surface area contributed by atoms with Crippen molar-refractivity contribution in [3.63, 3.8) is 0 Å². The third-order valence-corrected chi connectivity index (χ3v) is 22.1. The Kier molecular flexibility index (Phi) is 33.8. The first-order valence-electron chi connectivity index (χ1n) is 38.5. The largest absolute Gasteiger partial charge is 0.481 e. The number of hydrogen-bond donors (Lipinski definition) is 8. The van der Waals surface area contributed by atoms with Crippen molar-refractivity contribution < 1.29 is 97.8 Å². The van der Waals surface area contributed by atoms with Gasteiger partial charge in [-0.05, 0) is 94.2 Å². The van der Waals surface area contributed by atoms with Gasteiger partial charge in [0.05, 0.1) is 79.3 Å². The van der Waals surface area contributed by atoms with E-state index in [1.54, 1.807) is 73.0 Å². The van der Waals surface area contributed by atoms with Gasteiger partial charge in [-0.25, -0.2) is 9.48 Å². The Morgan fingerprint density at radius 3 is 1.60 bits per heavy atom. The number of carbonyl (C=O) groups is 14. The molecule has 32 nitrogen and oxygen atoms in total. The van der Waals surface area contributed by atoms with Crippen LogP contribution in [0.2, 0.25) is 0 Å². The minimum absolute atomic E-state index is 0.00311. The van der Waals surface area contributed by atoms with Gasteiger partial charge in [0, 0.05) is 145 Å². The lowest BCUT2D eigenvalue weighted by Gasteiger charge is -2.33. The van der Waals surface area contributed by atoms with Crippen LogP contribution in [0.5, 0.6) is 0 Å². The minimum atomic E-state index is -1.78. The summed E-state index contributed by atoms with van der Waals surface area (Å²) >= 11 is 0.891. The summed E-state index contributed by atoms with van der Waals surface area (Å²) in [4.78, 5) is 195. The maximum atomic E-state index is 14.5. The molecule has 8 rings (SSSR count). The lowest BCUT2D eigenvalue weighted by molar-refractivity contribution is -0.155. The van der Waals surface area contributed by atoms with E-state index < -0.39 is 101 Å². The Labute approximate surface area is 670 Å². The van der Waals surface area contributed by atoms with Gasteiger partial charge in [-0.2, -0.15) is 0 Å². The van der Waals surface area contributed by atoms with E-state index in [9.17, 15) is 97.8 Å². The highest BCUT2D eigenvalue weighted by molar-refractivity contribution is 8.00. The summed E-state index contributed by atoms with van der Waals surface area (Å²) in [7, 11) is 2.92. The van der Waals surface area contributed by atoms with Crippen LogP contribution in [-0.4, -0.2) is 269 Å². The number of rotatable bonds is 41. The summed E-state index contributed by atoms with van der Waals surface area (Å²) in [6, 6.07) is 27.6.